The number of nitrogens with one attached hydrogen (secondary N) is 1. The van der Waals surface area contributed by atoms with Gasteiger partial charge in [-0.15, -0.1) is 0 Å². The molecule has 6 heteroatoms. The highest BCUT2D eigenvalue weighted by molar-refractivity contribution is 5.82. The highest BCUT2D eigenvalue weighted by Gasteiger charge is 2.11. The van der Waals surface area contributed by atoms with Gasteiger partial charge in [0.05, 0.1) is 0 Å². The maximum absolute atomic E-state index is 11.2. The summed E-state index contributed by atoms with van der Waals surface area (Å²) in [6, 6.07) is 0. The molecule has 1 heterocycles. The zero-order chi connectivity index (χ0) is 10.4. The van der Waals surface area contributed by atoms with Crippen LogP contribution in [0.5, 0.6) is 0 Å². The van der Waals surface area contributed by atoms with Crippen molar-refractivity contribution in [2.24, 2.45) is 0 Å². The molecule has 0 atom stereocenters. The molecule has 0 aliphatic heterocycles. The SMILES string of the molecule is CCC(CC)OC(=O)Nc1ncon1. The fraction of sp³-hybridized carbons (Fsp3) is 0.625. The molecule has 0 bridgehead atoms. The second kappa shape index (κ2) is 5.21. The summed E-state index contributed by atoms with van der Waals surface area (Å²) in [7, 11) is 0. The van der Waals surface area contributed by atoms with E-state index in [1.807, 2.05) is 13.8 Å². The number of rotatable bonds is 4. The first kappa shape index (κ1) is 10.5. The van der Waals surface area contributed by atoms with Crippen molar-refractivity contribution in [3.05, 3.63) is 6.39 Å². The molecule has 6 nitrogen and oxygen atoms in total. The van der Waals surface area contributed by atoms with E-state index in [4.69, 9.17) is 4.74 Å². The van der Waals surface area contributed by atoms with Gasteiger partial charge in [-0.25, -0.2) is 4.79 Å². The van der Waals surface area contributed by atoms with Gasteiger partial charge < -0.3 is 9.26 Å². The number of hydrogen-bond acceptors (Lipinski definition) is 5. The van der Waals surface area contributed by atoms with Crippen molar-refractivity contribution in [3.8, 4) is 0 Å². The molecule has 0 saturated heterocycles. The summed E-state index contributed by atoms with van der Waals surface area (Å²) in [6.45, 7) is 3.91. The molecular weight excluding hydrogens is 186 g/mol. The van der Waals surface area contributed by atoms with Gasteiger partial charge in [-0.05, 0) is 18.0 Å². The summed E-state index contributed by atoms with van der Waals surface area (Å²) < 4.78 is 9.49. The fourth-order valence-electron chi connectivity index (χ4n) is 0.953. The Kier molecular flexibility index (Phi) is 3.90. The maximum Gasteiger partial charge on any atom is 0.414 e. The molecule has 0 aliphatic carbocycles. The van der Waals surface area contributed by atoms with Crippen molar-refractivity contribution in [2.45, 2.75) is 32.8 Å². The molecule has 78 valence electrons. The highest BCUT2D eigenvalue weighted by atomic mass is 16.6. The largest absolute Gasteiger partial charge is 0.446 e. The lowest BCUT2D eigenvalue weighted by atomic mass is 10.2. The topological polar surface area (TPSA) is 77.2 Å². The Morgan fingerprint density at radius 3 is 2.86 bits per heavy atom. The van der Waals surface area contributed by atoms with Crippen LogP contribution in [0.1, 0.15) is 26.7 Å². The third-order valence-electron chi connectivity index (χ3n) is 1.76. The van der Waals surface area contributed by atoms with Gasteiger partial charge in [-0.3, -0.25) is 5.32 Å². The molecule has 0 spiro atoms. The summed E-state index contributed by atoms with van der Waals surface area (Å²) in [5.74, 6) is 0.112. The van der Waals surface area contributed by atoms with Gasteiger partial charge in [0.25, 0.3) is 5.95 Å². The van der Waals surface area contributed by atoms with E-state index < -0.39 is 6.09 Å². The number of amides is 1. The zero-order valence-corrected chi connectivity index (χ0v) is 8.19. The van der Waals surface area contributed by atoms with E-state index >= 15 is 0 Å². The molecule has 1 aromatic rings. The van der Waals surface area contributed by atoms with Crippen LogP contribution >= 0.6 is 0 Å². The van der Waals surface area contributed by atoms with Crippen LogP contribution in [0, 0.1) is 0 Å². The Balaban J connectivity index is 2.35. The third kappa shape index (κ3) is 3.04. The fourth-order valence-corrected chi connectivity index (χ4v) is 0.953. The van der Waals surface area contributed by atoms with Crippen molar-refractivity contribution >= 4 is 12.0 Å². The Hall–Kier alpha value is -1.59. The normalized spacial score (nSPS) is 10.2. The number of hydrogen-bond donors (Lipinski definition) is 1. The lowest BCUT2D eigenvalue weighted by molar-refractivity contribution is 0.105. The van der Waals surface area contributed by atoms with E-state index in [1.165, 1.54) is 0 Å². The summed E-state index contributed by atoms with van der Waals surface area (Å²) in [5.41, 5.74) is 0. The predicted molar refractivity (Wildman–Crippen MR) is 48.8 cm³/mol. The molecule has 1 aromatic heterocycles. The molecule has 0 saturated carbocycles. The van der Waals surface area contributed by atoms with Gasteiger partial charge in [0.15, 0.2) is 0 Å². The zero-order valence-electron chi connectivity index (χ0n) is 8.19. The van der Waals surface area contributed by atoms with E-state index in [0.29, 0.717) is 0 Å². The van der Waals surface area contributed by atoms with Crippen LogP contribution in [-0.4, -0.2) is 22.3 Å². The number of carbonyl (C=O) groups excluding carboxylic acids is 1. The monoisotopic (exact) mass is 199 g/mol. The predicted octanol–water partition coefficient (Wildman–Crippen LogP) is 1.81. The first-order valence-electron chi connectivity index (χ1n) is 4.50. The van der Waals surface area contributed by atoms with Crippen molar-refractivity contribution in [1.29, 1.82) is 0 Å². The van der Waals surface area contributed by atoms with Crippen LogP contribution in [0.15, 0.2) is 10.9 Å². The second-order valence-electron chi connectivity index (χ2n) is 2.72. The van der Waals surface area contributed by atoms with E-state index in [1.54, 1.807) is 0 Å². The van der Waals surface area contributed by atoms with Gasteiger partial charge in [0.1, 0.15) is 6.10 Å². The van der Waals surface area contributed by atoms with E-state index in [-0.39, 0.29) is 12.1 Å². The van der Waals surface area contributed by atoms with Gasteiger partial charge >= 0.3 is 6.09 Å². The van der Waals surface area contributed by atoms with Crippen LogP contribution in [0.4, 0.5) is 10.7 Å². The summed E-state index contributed by atoms with van der Waals surface area (Å²) in [4.78, 5) is 14.8. The Morgan fingerprint density at radius 1 is 1.64 bits per heavy atom. The first-order chi connectivity index (χ1) is 6.76. The third-order valence-corrected chi connectivity index (χ3v) is 1.76. The molecule has 1 rings (SSSR count). The smallest absolute Gasteiger partial charge is 0.414 e. The Morgan fingerprint density at radius 2 is 2.36 bits per heavy atom. The van der Waals surface area contributed by atoms with E-state index in [2.05, 4.69) is 20.0 Å². The number of ether oxygens (including phenoxy) is 1. The minimum Gasteiger partial charge on any atom is -0.446 e. The number of carbonyl (C=O) groups is 1. The molecule has 0 fully saturated rings. The van der Waals surface area contributed by atoms with E-state index in [9.17, 15) is 4.79 Å². The first-order valence-corrected chi connectivity index (χ1v) is 4.50. The molecule has 1 N–H and O–H groups in total. The van der Waals surface area contributed by atoms with E-state index in [0.717, 1.165) is 19.2 Å². The number of nitrogens with zero attached hydrogens (tertiary/aromatic N) is 2. The van der Waals surface area contributed by atoms with Gasteiger partial charge in [0, 0.05) is 0 Å². The van der Waals surface area contributed by atoms with Crippen LogP contribution in [0.3, 0.4) is 0 Å². The minimum absolute atomic E-state index is 0.0677. The molecule has 0 radical (unpaired) electrons. The molecule has 0 aromatic carbocycles. The van der Waals surface area contributed by atoms with Gasteiger partial charge in [0.2, 0.25) is 6.39 Å². The lowest BCUT2D eigenvalue weighted by Gasteiger charge is -2.12. The second-order valence-corrected chi connectivity index (χ2v) is 2.72. The molecular formula is C8H13N3O3. The van der Waals surface area contributed by atoms with Crippen LogP contribution < -0.4 is 5.32 Å². The lowest BCUT2D eigenvalue weighted by Crippen LogP contribution is -2.21. The van der Waals surface area contributed by atoms with Crippen LogP contribution in [-0.2, 0) is 4.74 Å². The molecule has 1 amide bonds. The molecule has 14 heavy (non-hydrogen) atoms. The van der Waals surface area contributed by atoms with Crippen molar-refractivity contribution in [1.82, 2.24) is 10.1 Å². The minimum atomic E-state index is -0.555. The van der Waals surface area contributed by atoms with Crippen LogP contribution in [0.2, 0.25) is 0 Å². The van der Waals surface area contributed by atoms with Crippen LogP contribution in [0.25, 0.3) is 0 Å². The standard InChI is InChI=1S/C8H13N3O3/c1-3-6(4-2)14-8(12)10-7-9-5-13-11-7/h5-6H,3-4H2,1-2H3,(H,10,11,12). The molecule has 0 unspecified atom stereocenters. The summed E-state index contributed by atoms with van der Waals surface area (Å²) in [6.07, 6.45) is 2.08. The maximum atomic E-state index is 11.2. The average molecular weight is 199 g/mol. The van der Waals surface area contributed by atoms with Crippen molar-refractivity contribution < 1.29 is 14.1 Å². The summed E-state index contributed by atoms with van der Waals surface area (Å²) >= 11 is 0. The van der Waals surface area contributed by atoms with Gasteiger partial charge in [-0.1, -0.05) is 13.8 Å². The Bertz CT molecular complexity index is 269. The van der Waals surface area contributed by atoms with Gasteiger partial charge in [-0.2, -0.15) is 4.98 Å². The molecule has 0 aliphatic rings. The summed E-state index contributed by atoms with van der Waals surface area (Å²) in [5, 5.41) is 5.76. The van der Waals surface area contributed by atoms with Crippen molar-refractivity contribution in [2.75, 3.05) is 5.32 Å². The number of anilines is 1. The highest BCUT2D eigenvalue weighted by Crippen LogP contribution is 2.04. The average Bonchev–Trinajstić information content (AvgIpc) is 2.66. The number of aromatic nitrogens is 2. The quantitative estimate of drug-likeness (QED) is 0.800. The Labute approximate surface area is 81.6 Å². The van der Waals surface area contributed by atoms with Crippen molar-refractivity contribution in [3.63, 3.8) is 0 Å².